The van der Waals surface area contributed by atoms with Crippen LogP contribution in [0.4, 0.5) is 15.8 Å². The molecule has 2 aromatic carbocycles. The maximum Gasteiger partial charge on any atom is 0.269 e. The summed E-state index contributed by atoms with van der Waals surface area (Å²) in [6.45, 7) is 0. The van der Waals surface area contributed by atoms with Gasteiger partial charge in [-0.25, -0.2) is 4.39 Å². The SMILES string of the molecule is O=C(NC(=S)Nc1ccc([N+](=O)[O-])cc1)c1ccc(F)cc1. The highest BCUT2D eigenvalue weighted by molar-refractivity contribution is 7.80. The number of nitro groups is 1. The molecule has 0 spiro atoms. The van der Waals surface area contributed by atoms with E-state index < -0.39 is 16.6 Å². The van der Waals surface area contributed by atoms with Gasteiger partial charge in [-0.05, 0) is 48.6 Å². The molecule has 0 aromatic heterocycles. The summed E-state index contributed by atoms with van der Waals surface area (Å²) in [5.74, 6) is -0.928. The van der Waals surface area contributed by atoms with Crippen LogP contribution in [0.5, 0.6) is 0 Å². The summed E-state index contributed by atoms with van der Waals surface area (Å²) >= 11 is 4.97. The maximum atomic E-state index is 12.8. The molecule has 6 nitrogen and oxygen atoms in total. The molecule has 0 heterocycles. The molecule has 22 heavy (non-hydrogen) atoms. The number of nitro benzene ring substituents is 1. The van der Waals surface area contributed by atoms with Gasteiger partial charge < -0.3 is 5.32 Å². The molecule has 0 atom stereocenters. The number of rotatable bonds is 3. The third-order valence-electron chi connectivity index (χ3n) is 2.67. The number of carbonyl (C=O) groups is 1. The van der Waals surface area contributed by atoms with Gasteiger partial charge in [-0.1, -0.05) is 0 Å². The van der Waals surface area contributed by atoms with E-state index in [1.54, 1.807) is 0 Å². The molecule has 0 saturated heterocycles. The normalized spacial score (nSPS) is 9.86. The number of carbonyl (C=O) groups excluding carboxylic acids is 1. The van der Waals surface area contributed by atoms with Crippen LogP contribution in [0.15, 0.2) is 48.5 Å². The summed E-state index contributed by atoms with van der Waals surface area (Å²) in [6, 6.07) is 10.6. The van der Waals surface area contributed by atoms with E-state index in [2.05, 4.69) is 10.6 Å². The highest BCUT2D eigenvalue weighted by Gasteiger charge is 2.09. The zero-order valence-electron chi connectivity index (χ0n) is 11.1. The van der Waals surface area contributed by atoms with E-state index in [9.17, 15) is 19.3 Å². The van der Waals surface area contributed by atoms with Gasteiger partial charge in [0.05, 0.1) is 4.92 Å². The monoisotopic (exact) mass is 319 g/mol. The molecule has 0 aliphatic heterocycles. The minimum absolute atomic E-state index is 0.0307. The molecule has 2 rings (SSSR count). The lowest BCUT2D eigenvalue weighted by Gasteiger charge is -2.09. The van der Waals surface area contributed by atoms with Crippen molar-refractivity contribution in [1.29, 1.82) is 0 Å². The summed E-state index contributed by atoms with van der Waals surface area (Å²) < 4.78 is 12.8. The number of amides is 1. The Kier molecular flexibility index (Phi) is 4.74. The number of benzene rings is 2. The molecule has 0 fully saturated rings. The molecule has 0 bridgehead atoms. The zero-order chi connectivity index (χ0) is 16.1. The van der Waals surface area contributed by atoms with E-state index in [-0.39, 0.29) is 16.4 Å². The minimum atomic E-state index is -0.515. The number of nitrogens with zero attached hydrogens (tertiary/aromatic N) is 1. The van der Waals surface area contributed by atoms with Crippen molar-refractivity contribution in [2.45, 2.75) is 0 Å². The smallest absolute Gasteiger partial charge is 0.269 e. The summed E-state index contributed by atoms with van der Waals surface area (Å²) in [5, 5.41) is 15.7. The van der Waals surface area contributed by atoms with E-state index in [0.717, 1.165) is 0 Å². The summed E-state index contributed by atoms with van der Waals surface area (Å²) in [7, 11) is 0. The first kappa shape index (κ1) is 15.5. The lowest BCUT2D eigenvalue weighted by molar-refractivity contribution is -0.384. The standard InChI is InChI=1S/C14H10FN3O3S/c15-10-3-1-9(2-4-10)13(19)17-14(22)16-11-5-7-12(8-6-11)18(20)21/h1-8H,(H2,16,17,19,22). The van der Waals surface area contributed by atoms with Crippen molar-refractivity contribution in [3.8, 4) is 0 Å². The van der Waals surface area contributed by atoms with E-state index in [1.807, 2.05) is 0 Å². The zero-order valence-corrected chi connectivity index (χ0v) is 11.9. The number of nitrogens with one attached hydrogen (secondary N) is 2. The average molecular weight is 319 g/mol. The van der Waals surface area contributed by atoms with E-state index >= 15 is 0 Å². The van der Waals surface area contributed by atoms with Gasteiger partial charge in [-0.3, -0.25) is 20.2 Å². The van der Waals surface area contributed by atoms with Gasteiger partial charge >= 0.3 is 0 Å². The second-order valence-corrected chi connectivity index (χ2v) is 4.63. The van der Waals surface area contributed by atoms with Crippen LogP contribution in [-0.2, 0) is 0 Å². The Bertz CT molecular complexity index is 717. The van der Waals surface area contributed by atoms with Crippen molar-refractivity contribution < 1.29 is 14.1 Å². The molecule has 112 valence electrons. The second kappa shape index (κ2) is 6.72. The van der Waals surface area contributed by atoms with E-state index in [0.29, 0.717) is 5.69 Å². The van der Waals surface area contributed by atoms with Gasteiger partial charge in [0.15, 0.2) is 5.11 Å². The van der Waals surface area contributed by atoms with Crippen LogP contribution in [0, 0.1) is 15.9 Å². The number of hydrogen-bond acceptors (Lipinski definition) is 4. The Morgan fingerprint density at radius 1 is 1.09 bits per heavy atom. The van der Waals surface area contributed by atoms with Gasteiger partial charge in [-0.15, -0.1) is 0 Å². The number of anilines is 1. The van der Waals surface area contributed by atoms with Crippen LogP contribution in [-0.4, -0.2) is 15.9 Å². The quantitative estimate of drug-likeness (QED) is 0.516. The van der Waals surface area contributed by atoms with Crippen molar-refractivity contribution >= 4 is 34.6 Å². The van der Waals surface area contributed by atoms with Gasteiger partial charge in [-0.2, -0.15) is 0 Å². The fraction of sp³-hybridized carbons (Fsp3) is 0. The maximum absolute atomic E-state index is 12.8. The predicted octanol–water partition coefficient (Wildman–Crippen LogP) is 2.86. The molecular weight excluding hydrogens is 309 g/mol. The number of non-ortho nitro benzene ring substituents is 1. The van der Waals surface area contributed by atoms with E-state index in [1.165, 1.54) is 48.5 Å². The third-order valence-corrected chi connectivity index (χ3v) is 2.87. The number of hydrogen-bond donors (Lipinski definition) is 2. The molecule has 8 heteroatoms. The van der Waals surface area contributed by atoms with Gasteiger partial charge in [0, 0.05) is 23.4 Å². The molecule has 0 radical (unpaired) electrons. The fourth-order valence-corrected chi connectivity index (χ4v) is 1.82. The highest BCUT2D eigenvalue weighted by atomic mass is 32.1. The Labute approximate surface area is 130 Å². The number of halogens is 1. The van der Waals surface area contributed by atoms with Gasteiger partial charge in [0.2, 0.25) is 0 Å². The van der Waals surface area contributed by atoms with Crippen LogP contribution in [0.25, 0.3) is 0 Å². The fourth-order valence-electron chi connectivity index (χ4n) is 1.61. The summed E-state index contributed by atoms with van der Waals surface area (Å²) in [4.78, 5) is 21.9. The first-order valence-electron chi connectivity index (χ1n) is 6.08. The van der Waals surface area contributed by atoms with Crippen LogP contribution in [0.3, 0.4) is 0 Å². The van der Waals surface area contributed by atoms with E-state index in [4.69, 9.17) is 12.2 Å². The van der Waals surface area contributed by atoms with Gasteiger partial charge in [0.1, 0.15) is 5.82 Å². The molecule has 0 saturated carbocycles. The number of thiocarbonyl (C=S) groups is 1. The molecule has 2 N–H and O–H groups in total. The topological polar surface area (TPSA) is 84.3 Å². The molecular formula is C14H10FN3O3S. The van der Waals surface area contributed by atoms with Crippen LogP contribution in [0.2, 0.25) is 0 Å². The van der Waals surface area contributed by atoms with Crippen molar-refractivity contribution in [1.82, 2.24) is 5.32 Å². The lowest BCUT2D eigenvalue weighted by atomic mass is 10.2. The lowest BCUT2D eigenvalue weighted by Crippen LogP contribution is -2.34. The predicted molar refractivity (Wildman–Crippen MR) is 83.2 cm³/mol. The van der Waals surface area contributed by atoms with Crippen LogP contribution in [0.1, 0.15) is 10.4 Å². The third kappa shape index (κ3) is 4.06. The minimum Gasteiger partial charge on any atom is -0.332 e. The van der Waals surface area contributed by atoms with Crippen LogP contribution >= 0.6 is 12.2 Å². The summed E-state index contributed by atoms with van der Waals surface area (Å²) in [5.41, 5.74) is 0.705. The van der Waals surface area contributed by atoms with Gasteiger partial charge in [0.25, 0.3) is 11.6 Å². The second-order valence-electron chi connectivity index (χ2n) is 4.22. The van der Waals surface area contributed by atoms with Crippen molar-refractivity contribution in [3.05, 3.63) is 70.0 Å². The van der Waals surface area contributed by atoms with Crippen molar-refractivity contribution in [2.24, 2.45) is 0 Å². The summed E-state index contributed by atoms with van der Waals surface area (Å²) in [6.07, 6.45) is 0. The Hall–Kier alpha value is -2.87. The molecule has 2 aromatic rings. The molecule has 1 amide bonds. The molecule has 0 unspecified atom stereocenters. The van der Waals surface area contributed by atoms with Crippen LogP contribution < -0.4 is 10.6 Å². The first-order valence-corrected chi connectivity index (χ1v) is 6.49. The van der Waals surface area contributed by atoms with Crippen molar-refractivity contribution in [2.75, 3.05) is 5.32 Å². The highest BCUT2D eigenvalue weighted by Crippen LogP contribution is 2.15. The molecule has 0 aliphatic rings. The Morgan fingerprint density at radius 2 is 1.68 bits per heavy atom. The Balaban J connectivity index is 1.96. The Morgan fingerprint density at radius 3 is 2.23 bits per heavy atom. The molecule has 0 aliphatic carbocycles. The van der Waals surface area contributed by atoms with Crippen molar-refractivity contribution in [3.63, 3.8) is 0 Å². The average Bonchev–Trinajstić information content (AvgIpc) is 2.48. The largest absolute Gasteiger partial charge is 0.332 e. The first-order chi connectivity index (χ1) is 10.5.